The molecule has 0 fully saturated rings. The molecule has 0 saturated carbocycles. The van der Waals surface area contributed by atoms with Gasteiger partial charge in [-0.2, -0.15) is 4.98 Å². The lowest BCUT2D eigenvalue weighted by molar-refractivity contribution is 0.0108. The number of methoxy groups -OCH3 is 1. The molecule has 0 aliphatic heterocycles. The number of nitrogens with zero attached hydrogens (tertiary/aromatic N) is 1. The summed E-state index contributed by atoms with van der Waals surface area (Å²) in [5.74, 6) is -0.00717. The second kappa shape index (κ2) is 4.85. The zero-order valence-corrected chi connectivity index (χ0v) is 11.1. The number of hydrogen-bond acceptors (Lipinski definition) is 4. The molecule has 0 amide bonds. The molecule has 0 unspecified atom stereocenters. The molecule has 0 atom stereocenters. The molecule has 2 N–H and O–H groups in total. The zero-order valence-electron chi connectivity index (χ0n) is 11.1. The van der Waals surface area contributed by atoms with E-state index in [0.29, 0.717) is 5.56 Å². The predicted octanol–water partition coefficient (Wildman–Crippen LogP) is 2.02. The van der Waals surface area contributed by atoms with Crippen molar-refractivity contribution >= 4 is 0 Å². The first-order chi connectivity index (χ1) is 8.95. The SMILES string of the molecule is COC(C)(C)c1nc(O)c(-c2ccccc2)c(=O)[nH]1. The molecule has 19 heavy (non-hydrogen) atoms. The summed E-state index contributed by atoms with van der Waals surface area (Å²) in [6.07, 6.45) is 0. The Bertz CT molecular complexity index is 633. The number of ether oxygens (including phenoxy) is 1. The van der Waals surface area contributed by atoms with Gasteiger partial charge in [0.05, 0.1) is 0 Å². The van der Waals surface area contributed by atoms with Gasteiger partial charge in [-0.25, -0.2) is 0 Å². The van der Waals surface area contributed by atoms with Crippen molar-refractivity contribution in [3.63, 3.8) is 0 Å². The average Bonchev–Trinajstić information content (AvgIpc) is 2.39. The number of H-pyrrole nitrogens is 1. The Morgan fingerprint density at radius 3 is 2.42 bits per heavy atom. The standard InChI is InChI=1S/C14H16N2O3/c1-14(2,19-3)13-15-11(17)10(12(18)16-13)9-7-5-4-6-8-9/h4-8H,1-3H3,(H2,15,16,17,18). The molecule has 0 radical (unpaired) electrons. The van der Waals surface area contributed by atoms with Crippen LogP contribution < -0.4 is 5.56 Å². The third-order valence-corrected chi connectivity index (χ3v) is 3.04. The van der Waals surface area contributed by atoms with E-state index in [1.807, 2.05) is 6.07 Å². The van der Waals surface area contributed by atoms with Crippen molar-refractivity contribution < 1.29 is 9.84 Å². The van der Waals surface area contributed by atoms with Gasteiger partial charge in [-0.15, -0.1) is 0 Å². The average molecular weight is 260 g/mol. The van der Waals surface area contributed by atoms with Crippen molar-refractivity contribution in [3.05, 3.63) is 46.5 Å². The minimum atomic E-state index is -0.772. The van der Waals surface area contributed by atoms with Crippen LogP contribution in [-0.4, -0.2) is 22.2 Å². The van der Waals surface area contributed by atoms with Crippen LogP contribution in [-0.2, 0) is 10.3 Å². The number of hydrogen-bond donors (Lipinski definition) is 2. The predicted molar refractivity (Wildman–Crippen MR) is 72.0 cm³/mol. The highest BCUT2D eigenvalue weighted by atomic mass is 16.5. The Kier molecular flexibility index (Phi) is 3.40. The van der Waals surface area contributed by atoms with Crippen LogP contribution in [0.4, 0.5) is 0 Å². The molecule has 5 heteroatoms. The number of rotatable bonds is 3. The van der Waals surface area contributed by atoms with E-state index >= 15 is 0 Å². The van der Waals surface area contributed by atoms with E-state index < -0.39 is 5.60 Å². The highest BCUT2D eigenvalue weighted by Crippen LogP contribution is 2.26. The molecule has 0 aliphatic carbocycles. The molecule has 100 valence electrons. The third-order valence-electron chi connectivity index (χ3n) is 3.04. The lowest BCUT2D eigenvalue weighted by atomic mass is 10.1. The van der Waals surface area contributed by atoms with Crippen LogP contribution in [0.1, 0.15) is 19.7 Å². The topological polar surface area (TPSA) is 75.2 Å². The van der Waals surface area contributed by atoms with Gasteiger partial charge in [0, 0.05) is 7.11 Å². The fourth-order valence-electron chi connectivity index (χ4n) is 1.71. The zero-order chi connectivity index (χ0) is 14.0. The summed E-state index contributed by atoms with van der Waals surface area (Å²) >= 11 is 0. The smallest absolute Gasteiger partial charge is 0.262 e. The molecule has 5 nitrogen and oxygen atoms in total. The maximum atomic E-state index is 12.1. The van der Waals surface area contributed by atoms with E-state index in [-0.39, 0.29) is 22.8 Å². The van der Waals surface area contributed by atoms with Crippen LogP contribution in [0.2, 0.25) is 0 Å². The highest BCUT2D eigenvalue weighted by molar-refractivity contribution is 5.66. The minimum Gasteiger partial charge on any atom is -0.493 e. The molecular weight excluding hydrogens is 244 g/mol. The van der Waals surface area contributed by atoms with Crippen molar-refractivity contribution in [2.45, 2.75) is 19.4 Å². The molecule has 2 rings (SSSR count). The lowest BCUT2D eigenvalue weighted by Gasteiger charge is -2.21. The first-order valence-corrected chi connectivity index (χ1v) is 5.90. The monoisotopic (exact) mass is 260 g/mol. The molecule has 1 aromatic carbocycles. The summed E-state index contributed by atoms with van der Waals surface area (Å²) in [5, 5.41) is 10.00. The second-order valence-corrected chi connectivity index (χ2v) is 4.69. The van der Waals surface area contributed by atoms with E-state index in [1.54, 1.807) is 38.1 Å². The summed E-state index contributed by atoms with van der Waals surface area (Å²) in [7, 11) is 1.52. The van der Waals surface area contributed by atoms with Gasteiger partial charge in [0.15, 0.2) is 0 Å². The molecule has 0 saturated heterocycles. The summed E-state index contributed by atoms with van der Waals surface area (Å²) in [6.45, 7) is 3.51. The van der Waals surface area contributed by atoms with Crippen molar-refractivity contribution in [1.29, 1.82) is 0 Å². The van der Waals surface area contributed by atoms with Crippen LogP contribution in [0.25, 0.3) is 11.1 Å². The number of aromatic amines is 1. The molecule has 0 spiro atoms. The Morgan fingerprint density at radius 2 is 1.89 bits per heavy atom. The van der Waals surface area contributed by atoms with E-state index in [0.717, 1.165) is 0 Å². The summed E-state index contributed by atoms with van der Waals surface area (Å²) in [5.41, 5.74) is -0.378. The van der Waals surface area contributed by atoms with E-state index in [2.05, 4.69) is 9.97 Å². The van der Waals surface area contributed by atoms with E-state index in [4.69, 9.17) is 4.74 Å². The van der Waals surface area contributed by atoms with Gasteiger partial charge in [-0.1, -0.05) is 30.3 Å². The van der Waals surface area contributed by atoms with Crippen molar-refractivity contribution in [2.75, 3.05) is 7.11 Å². The number of aromatic nitrogens is 2. The van der Waals surface area contributed by atoms with Crippen molar-refractivity contribution in [1.82, 2.24) is 9.97 Å². The molecule has 2 aromatic rings. The lowest BCUT2D eigenvalue weighted by Crippen LogP contribution is -2.27. The molecular formula is C14H16N2O3. The quantitative estimate of drug-likeness (QED) is 0.885. The van der Waals surface area contributed by atoms with Gasteiger partial charge in [0.25, 0.3) is 5.56 Å². The van der Waals surface area contributed by atoms with Crippen LogP contribution in [0.5, 0.6) is 5.88 Å². The third kappa shape index (κ3) is 2.51. The van der Waals surface area contributed by atoms with Crippen LogP contribution in [0.15, 0.2) is 35.1 Å². The summed E-state index contributed by atoms with van der Waals surface area (Å²) < 4.78 is 5.24. The molecule has 1 heterocycles. The van der Waals surface area contributed by atoms with Crippen LogP contribution in [0, 0.1) is 0 Å². The maximum absolute atomic E-state index is 12.1. The van der Waals surface area contributed by atoms with Gasteiger partial charge < -0.3 is 14.8 Å². The van der Waals surface area contributed by atoms with Gasteiger partial charge >= 0.3 is 0 Å². The molecule has 0 aliphatic rings. The van der Waals surface area contributed by atoms with Gasteiger partial charge in [-0.3, -0.25) is 4.79 Å². The molecule has 0 bridgehead atoms. The van der Waals surface area contributed by atoms with Gasteiger partial charge in [0.1, 0.15) is 17.0 Å². The fraction of sp³-hybridized carbons (Fsp3) is 0.286. The Morgan fingerprint density at radius 1 is 1.26 bits per heavy atom. The minimum absolute atomic E-state index is 0.163. The van der Waals surface area contributed by atoms with Crippen molar-refractivity contribution in [2.24, 2.45) is 0 Å². The van der Waals surface area contributed by atoms with Crippen molar-refractivity contribution in [3.8, 4) is 17.0 Å². The number of nitrogens with one attached hydrogen (secondary N) is 1. The van der Waals surface area contributed by atoms with Gasteiger partial charge in [0.2, 0.25) is 5.88 Å². The summed E-state index contributed by atoms with van der Waals surface area (Å²) in [6, 6.07) is 8.91. The maximum Gasteiger partial charge on any atom is 0.262 e. The van der Waals surface area contributed by atoms with E-state index in [9.17, 15) is 9.90 Å². The van der Waals surface area contributed by atoms with Crippen LogP contribution >= 0.6 is 0 Å². The Labute approximate surface area is 110 Å². The first kappa shape index (κ1) is 13.3. The van der Waals surface area contributed by atoms with Crippen LogP contribution in [0.3, 0.4) is 0 Å². The first-order valence-electron chi connectivity index (χ1n) is 5.90. The second-order valence-electron chi connectivity index (χ2n) is 4.69. The fourth-order valence-corrected chi connectivity index (χ4v) is 1.71. The molecule has 1 aromatic heterocycles. The Balaban J connectivity index is 2.60. The highest BCUT2D eigenvalue weighted by Gasteiger charge is 2.25. The largest absolute Gasteiger partial charge is 0.493 e. The number of aromatic hydroxyl groups is 1. The Hall–Kier alpha value is -2.14. The van der Waals surface area contributed by atoms with Gasteiger partial charge in [-0.05, 0) is 19.4 Å². The number of benzene rings is 1. The normalized spacial score (nSPS) is 11.5. The summed E-state index contributed by atoms with van der Waals surface area (Å²) in [4.78, 5) is 18.8. The van der Waals surface area contributed by atoms with E-state index in [1.165, 1.54) is 7.11 Å².